The number of nitrogens with one attached hydrogen (secondary N) is 1. The molecule has 0 spiro atoms. The van der Waals surface area contributed by atoms with E-state index in [-0.39, 0.29) is 10.8 Å². The van der Waals surface area contributed by atoms with Crippen molar-refractivity contribution in [1.82, 2.24) is 10.2 Å². The summed E-state index contributed by atoms with van der Waals surface area (Å²) in [7, 11) is 0. The molecule has 1 heterocycles. The van der Waals surface area contributed by atoms with Crippen molar-refractivity contribution in [2.75, 3.05) is 11.1 Å². The quantitative estimate of drug-likeness (QED) is 0.871. The molecule has 0 amide bonds. The van der Waals surface area contributed by atoms with Crippen LogP contribution in [0.25, 0.3) is 0 Å². The van der Waals surface area contributed by atoms with Crippen molar-refractivity contribution < 1.29 is 13.2 Å². The van der Waals surface area contributed by atoms with Crippen LogP contribution in [0.3, 0.4) is 0 Å². The van der Waals surface area contributed by atoms with E-state index in [1.54, 1.807) is 0 Å². The number of nitrogens with two attached hydrogens (primary N) is 1. The van der Waals surface area contributed by atoms with Gasteiger partial charge >= 0.3 is 6.18 Å². The van der Waals surface area contributed by atoms with Gasteiger partial charge in [-0.2, -0.15) is 13.2 Å². The highest BCUT2D eigenvalue weighted by molar-refractivity contribution is 7.18. The Bertz CT molecular complexity index is 523. The van der Waals surface area contributed by atoms with Crippen LogP contribution in [0.5, 0.6) is 0 Å². The maximum Gasteiger partial charge on any atom is 0.416 e. The minimum absolute atomic E-state index is 0.250. The zero-order chi connectivity index (χ0) is 12.5. The molecule has 0 unspecified atom stereocenters. The van der Waals surface area contributed by atoms with Crippen LogP contribution >= 0.6 is 11.3 Å². The Labute approximate surface area is 98.3 Å². The number of benzene rings is 1. The third kappa shape index (κ3) is 2.84. The number of anilines is 3. The maximum absolute atomic E-state index is 12.4. The van der Waals surface area contributed by atoms with Crippen molar-refractivity contribution in [3.8, 4) is 0 Å². The molecule has 90 valence electrons. The minimum Gasteiger partial charge on any atom is -0.374 e. The molecule has 2 rings (SSSR count). The number of nitrogen functional groups attached to an aromatic ring is 1. The third-order valence-corrected chi connectivity index (χ3v) is 2.55. The molecule has 0 saturated heterocycles. The van der Waals surface area contributed by atoms with E-state index in [0.717, 1.165) is 23.5 Å². The SMILES string of the molecule is Nc1nnc(Nc2cccc(C(F)(F)F)c2)s1. The summed E-state index contributed by atoms with van der Waals surface area (Å²) >= 11 is 1.06. The first-order chi connectivity index (χ1) is 7.95. The molecule has 3 N–H and O–H groups in total. The largest absolute Gasteiger partial charge is 0.416 e. The second kappa shape index (κ2) is 4.21. The van der Waals surface area contributed by atoms with E-state index in [1.165, 1.54) is 12.1 Å². The first-order valence-corrected chi connectivity index (χ1v) is 5.30. The summed E-state index contributed by atoms with van der Waals surface area (Å²) in [6.45, 7) is 0. The highest BCUT2D eigenvalue weighted by atomic mass is 32.1. The van der Waals surface area contributed by atoms with Gasteiger partial charge in [0.1, 0.15) is 0 Å². The van der Waals surface area contributed by atoms with Gasteiger partial charge in [0, 0.05) is 5.69 Å². The van der Waals surface area contributed by atoms with Gasteiger partial charge in [-0.3, -0.25) is 0 Å². The van der Waals surface area contributed by atoms with E-state index in [2.05, 4.69) is 15.5 Å². The summed E-state index contributed by atoms with van der Waals surface area (Å²) in [5, 5.41) is 10.5. The molecule has 1 aromatic heterocycles. The average Bonchev–Trinajstić information content (AvgIpc) is 2.63. The van der Waals surface area contributed by atoms with E-state index in [4.69, 9.17) is 5.73 Å². The van der Waals surface area contributed by atoms with Crippen molar-refractivity contribution in [2.45, 2.75) is 6.18 Å². The Morgan fingerprint density at radius 1 is 1.24 bits per heavy atom. The predicted molar refractivity (Wildman–Crippen MR) is 59.0 cm³/mol. The fourth-order valence-corrected chi connectivity index (χ4v) is 1.71. The smallest absolute Gasteiger partial charge is 0.374 e. The average molecular weight is 260 g/mol. The number of halogens is 3. The Hall–Kier alpha value is -1.83. The lowest BCUT2D eigenvalue weighted by Gasteiger charge is -2.08. The van der Waals surface area contributed by atoms with Crippen LogP contribution in [-0.2, 0) is 6.18 Å². The third-order valence-electron chi connectivity index (χ3n) is 1.88. The molecular weight excluding hydrogens is 253 g/mol. The van der Waals surface area contributed by atoms with Gasteiger partial charge in [-0.1, -0.05) is 17.4 Å². The van der Waals surface area contributed by atoms with E-state index in [1.807, 2.05) is 0 Å². The molecule has 0 atom stereocenters. The number of aromatic nitrogens is 2. The van der Waals surface area contributed by atoms with Crippen LogP contribution in [0.4, 0.5) is 29.1 Å². The number of alkyl halides is 3. The van der Waals surface area contributed by atoms with E-state index in [0.29, 0.717) is 5.13 Å². The lowest BCUT2D eigenvalue weighted by molar-refractivity contribution is -0.137. The summed E-state index contributed by atoms with van der Waals surface area (Å²) in [5.41, 5.74) is 4.92. The number of nitrogens with zero attached hydrogens (tertiary/aromatic N) is 2. The molecule has 0 radical (unpaired) electrons. The Balaban J connectivity index is 2.22. The molecule has 0 aliphatic rings. The normalized spacial score (nSPS) is 11.5. The van der Waals surface area contributed by atoms with Crippen LogP contribution in [-0.4, -0.2) is 10.2 Å². The standard InChI is InChI=1S/C9H7F3N4S/c10-9(11,12)5-2-1-3-6(4-5)14-8-16-15-7(13)17-8/h1-4H,(H2,13,15)(H,14,16). The van der Waals surface area contributed by atoms with Gasteiger partial charge in [-0.25, -0.2) is 0 Å². The van der Waals surface area contributed by atoms with Crippen molar-refractivity contribution >= 4 is 27.3 Å². The molecular formula is C9H7F3N4S. The van der Waals surface area contributed by atoms with Crippen LogP contribution in [0.2, 0.25) is 0 Å². The van der Waals surface area contributed by atoms with Crippen LogP contribution < -0.4 is 11.1 Å². The molecule has 1 aromatic carbocycles. The Kier molecular flexibility index (Phi) is 2.88. The summed E-state index contributed by atoms with van der Waals surface area (Å²) < 4.78 is 37.3. The molecule has 0 aliphatic heterocycles. The van der Waals surface area contributed by atoms with E-state index in [9.17, 15) is 13.2 Å². The topological polar surface area (TPSA) is 63.8 Å². The van der Waals surface area contributed by atoms with E-state index >= 15 is 0 Å². The highest BCUT2D eigenvalue weighted by Crippen LogP contribution is 2.31. The van der Waals surface area contributed by atoms with Gasteiger partial charge in [-0.15, -0.1) is 10.2 Å². The maximum atomic E-state index is 12.4. The molecule has 0 aliphatic carbocycles. The zero-order valence-electron chi connectivity index (χ0n) is 8.32. The fourth-order valence-electron chi connectivity index (χ4n) is 1.18. The Morgan fingerprint density at radius 2 is 2.00 bits per heavy atom. The van der Waals surface area contributed by atoms with Crippen LogP contribution in [0, 0.1) is 0 Å². The first kappa shape index (κ1) is 11.6. The first-order valence-electron chi connectivity index (χ1n) is 4.48. The van der Waals surface area contributed by atoms with Gasteiger partial charge in [-0.05, 0) is 18.2 Å². The van der Waals surface area contributed by atoms with Gasteiger partial charge in [0.15, 0.2) is 0 Å². The van der Waals surface area contributed by atoms with Gasteiger partial charge in [0.2, 0.25) is 10.3 Å². The summed E-state index contributed by atoms with van der Waals surface area (Å²) in [6.07, 6.45) is -4.36. The summed E-state index contributed by atoms with van der Waals surface area (Å²) in [5.74, 6) is 0. The molecule has 17 heavy (non-hydrogen) atoms. The lowest BCUT2D eigenvalue weighted by atomic mass is 10.2. The molecule has 8 heteroatoms. The molecule has 0 saturated carbocycles. The second-order valence-corrected chi connectivity index (χ2v) is 4.16. The van der Waals surface area contributed by atoms with Crippen molar-refractivity contribution in [2.24, 2.45) is 0 Å². The summed E-state index contributed by atoms with van der Waals surface area (Å²) in [6, 6.07) is 4.82. The van der Waals surface area contributed by atoms with E-state index < -0.39 is 11.7 Å². The van der Waals surface area contributed by atoms with Gasteiger partial charge in [0.25, 0.3) is 0 Å². The molecule has 0 bridgehead atoms. The number of rotatable bonds is 2. The van der Waals surface area contributed by atoms with Crippen molar-refractivity contribution in [3.05, 3.63) is 29.8 Å². The lowest BCUT2D eigenvalue weighted by Crippen LogP contribution is -2.05. The minimum atomic E-state index is -4.36. The summed E-state index contributed by atoms with van der Waals surface area (Å²) in [4.78, 5) is 0. The van der Waals surface area contributed by atoms with Gasteiger partial charge in [0.05, 0.1) is 5.56 Å². The number of hydrogen-bond acceptors (Lipinski definition) is 5. The van der Waals surface area contributed by atoms with Crippen LogP contribution in [0.15, 0.2) is 24.3 Å². The predicted octanol–water partition coefficient (Wildman–Crippen LogP) is 2.88. The molecule has 4 nitrogen and oxygen atoms in total. The number of hydrogen-bond donors (Lipinski definition) is 2. The van der Waals surface area contributed by atoms with Gasteiger partial charge < -0.3 is 11.1 Å². The van der Waals surface area contributed by atoms with Crippen molar-refractivity contribution in [3.63, 3.8) is 0 Å². The van der Waals surface area contributed by atoms with Crippen molar-refractivity contribution in [1.29, 1.82) is 0 Å². The second-order valence-electron chi connectivity index (χ2n) is 3.15. The monoisotopic (exact) mass is 260 g/mol. The van der Waals surface area contributed by atoms with Crippen LogP contribution in [0.1, 0.15) is 5.56 Å². The molecule has 0 fully saturated rings. The fraction of sp³-hybridized carbons (Fsp3) is 0.111. The highest BCUT2D eigenvalue weighted by Gasteiger charge is 2.30. The molecule has 2 aromatic rings. The Morgan fingerprint density at radius 3 is 2.59 bits per heavy atom. The zero-order valence-corrected chi connectivity index (χ0v) is 9.14.